The van der Waals surface area contributed by atoms with Gasteiger partial charge in [0, 0.05) is 12.2 Å². The van der Waals surface area contributed by atoms with Crippen LogP contribution in [-0.4, -0.2) is 39.1 Å². The van der Waals surface area contributed by atoms with E-state index in [4.69, 9.17) is 13.9 Å². The summed E-state index contributed by atoms with van der Waals surface area (Å²) >= 11 is 0. The van der Waals surface area contributed by atoms with E-state index in [1.165, 1.54) is 0 Å². The number of methoxy groups -OCH3 is 2. The minimum atomic E-state index is -0.252. The minimum Gasteiger partial charge on any atom is -0.493 e. The number of benzene rings is 2. The third-order valence-corrected chi connectivity index (χ3v) is 4.80. The van der Waals surface area contributed by atoms with Gasteiger partial charge in [-0.05, 0) is 48.4 Å². The van der Waals surface area contributed by atoms with Crippen LogP contribution in [0, 0.1) is 0 Å². The lowest BCUT2D eigenvalue weighted by Gasteiger charge is -2.12. The molecule has 1 aromatic heterocycles. The predicted molar refractivity (Wildman–Crippen MR) is 121 cm³/mol. The fourth-order valence-electron chi connectivity index (χ4n) is 3.13. The molecule has 0 spiro atoms. The Hall–Kier alpha value is -3.94. The van der Waals surface area contributed by atoms with Crippen LogP contribution < -0.4 is 25.4 Å². The van der Waals surface area contributed by atoms with E-state index in [1.807, 2.05) is 18.2 Å². The molecule has 0 aliphatic carbocycles. The van der Waals surface area contributed by atoms with Crippen molar-refractivity contribution in [2.45, 2.75) is 13.0 Å². The molecular formula is C24H27N3O5. The Bertz CT molecular complexity index is 1030. The third kappa shape index (κ3) is 6.28. The smallest absolute Gasteiger partial charge is 0.253 e. The molecule has 0 aliphatic rings. The van der Waals surface area contributed by atoms with Crippen molar-refractivity contribution in [1.29, 1.82) is 0 Å². The number of ether oxygens (including phenoxy) is 2. The highest BCUT2D eigenvalue weighted by molar-refractivity contribution is 6.00. The van der Waals surface area contributed by atoms with E-state index < -0.39 is 0 Å². The third-order valence-electron chi connectivity index (χ3n) is 4.80. The molecule has 3 rings (SSSR count). The van der Waals surface area contributed by atoms with Crippen molar-refractivity contribution in [2.75, 3.05) is 32.6 Å². The van der Waals surface area contributed by atoms with Crippen molar-refractivity contribution in [3.63, 3.8) is 0 Å². The summed E-state index contributed by atoms with van der Waals surface area (Å²) in [5.41, 5.74) is 2.06. The number of carbonyl (C=O) groups is 2. The van der Waals surface area contributed by atoms with Gasteiger partial charge in [-0.1, -0.05) is 18.2 Å². The lowest BCUT2D eigenvalue weighted by Crippen LogP contribution is -2.32. The maximum atomic E-state index is 12.5. The van der Waals surface area contributed by atoms with Gasteiger partial charge in [-0.3, -0.25) is 9.59 Å². The molecular weight excluding hydrogens is 410 g/mol. The number of hydrogen-bond donors (Lipinski definition) is 3. The molecule has 0 saturated carbocycles. The second-order valence-corrected chi connectivity index (χ2v) is 6.95. The second-order valence-electron chi connectivity index (χ2n) is 6.95. The van der Waals surface area contributed by atoms with Crippen molar-refractivity contribution in [2.24, 2.45) is 0 Å². The van der Waals surface area contributed by atoms with Crippen molar-refractivity contribution in [3.05, 3.63) is 77.7 Å². The summed E-state index contributed by atoms with van der Waals surface area (Å²) in [5, 5.41) is 8.72. The first kappa shape index (κ1) is 22.7. The molecule has 1 heterocycles. The SMILES string of the molecule is COc1ccc(CCNC(=O)CNc2ccccc2C(=O)NCc2ccco2)cc1OC. The molecule has 0 unspecified atom stereocenters. The van der Waals surface area contributed by atoms with Crippen LogP contribution in [0.5, 0.6) is 11.5 Å². The van der Waals surface area contributed by atoms with Gasteiger partial charge in [-0.2, -0.15) is 0 Å². The molecule has 8 nitrogen and oxygen atoms in total. The molecule has 168 valence electrons. The van der Waals surface area contributed by atoms with E-state index in [0.717, 1.165) is 5.56 Å². The molecule has 3 aromatic rings. The number of amides is 2. The monoisotopic (exact) mass is 437 g/mol. The van der Waals surface area contributed by atoms with Crippen LogP contribution in [0.15, 0.2) is 65.3 Å². The Labute approximate surface area is 186 Å². The van der Waals surface area contributed by atoms with Crippen LogP contribution >= 0.6 is 0 Å². The molecule has 0 atom stereocenters. The standard InChI is InChI=1S/C24H27N3O5/c1-30-21-10-9-17(14-22(21)31-2)11-12-25-23(28)16-26-20-8-4-3-7-19(20)24(29)27-15-18-6-5-13-32-18/h3-10,13-14,26H,11-12,15-16H2,1-2H3,(H,25,28)(H,27,29). The average Bonchev–Trinajstić information content (AvgIpc) is 3.35. The highest BCUT2D eigenvalue weighted by Gasteiger charge is 2.12. The molecule has 0 saturated heterocycles. The molecule has 8 heteroatoms. The first-order valence-electron chi connectivity index (χ1n) is 10.2. The summed E-state index contributed by atoms with van der Waals surface area (Å²) in [5.74, 6) is 1.56. The van der Waals surface area contributed by atoms with Crippen molar-refractivity contribution in [1.82, 2.24) is 10.6 Å². The van der Waals surface area contributed by atoms with Gasteiger partial charge in [0.05, 0.1) is 39.1 Å². The molecule has 0 bridgehead atoms. The maximum Gasteiger partial charge on any atom is 0.253 e. The largest absolute Gasteiger partial charge is 0.493 e. The van der Waals surface area contributed by atoms with E-state index in [0.29, 0.717) is 41.5 Å². The number of carbonyl (C=O) groups excluding carboxylic acids is 2. The maximum absolute atomic E-state index is 12.5. The summed E-state index contributed by atoms with van der Waals surface area (Å²) in [6.07, 6.45) is 2.21. The Morgan fingerprint density at radius 2 is 1.75 bits per heavy atom. The molecule has 2 amide bonds. The minimum absolute atomic E-state index is 0.0500. The van der Waals surface area contributed by atoms with Crippen LogP contribution in [0.2, 0.25) is 0 Å². The Morgan fingerprint density at radius 1 is 0.938 bits per heavy atom. The Morgan fingerprint density at radius 3 is 2.50 bits per heavy atom. The van der Waals surface area contributed by atoms with E-state index in [2.05, 4.69) is 16.0 Å². The summed E-state index contributed by atoms with van der Waals surface area (Å²) in [6.45, 7) is 0.812. The van der Waals surface area contributed by atoms with Gasteiger partial charge in [-0.25, -0.2) is 0 Å². The molecule has 0 fully saturated rings. The van der Waals surface area contributed by atoms with Gasteiger partial charge < -0.3 is 29.8 Å². The van der Waals surface area contributed by atoms with Crippen LogP contribution in [0.25, 0.3) is 0 Å². The highest BCUT2D eigenvalue weighted by Crippen LogP contribution is 2.27. The summed E-state index contributed by atoms with van der Waals surface area (Å²) in [4.78, 5) is 24.8. The first-order chi connectivity index (χ1) is 15.6. The number of rotatable bonds is 11. The normalized spacial score (nSPS) is 10.3. The van der Waals surface area contributed by atoms with Gasteiger partial charge >= 0.3 is 0 Å². The Balaban J connectivity index is 1.47. The first-order valence-corrected chi connectivity index (χ1v) is 10.2. The number of furan rings is 1. The van der Waals surface area contributed by atoms with Gasteiger partial charge in [0.1, 0.15) is 5.76 Å². The summed E-state index contributed by atoms with van der Waals surface area (Å²) < 4.78 is 15.8. The lowest BCUT2D eigenvalue weighted by molar-refractivity contribution is -0.119. The van der Waals surface area contributed by atoms with E-state index in [9.17, 15) is 9.59 Å². The number of nitrogens with one attached hydrogen (secondary N) is 3. The zero-order valence-electron chi connectivity index (χ0n) is 18.1. The second kappa shape index (κ2) is 11.5. The number of hydrogen-bond acceptors (Lipinski definition) is 6. The van der Waals surface area contributed by atoms with Crippen molar-refractivity contribution in [3.8, 4) is 11.5 Å². The molecule has 32 heavy (non-hydrogen) atoms. The number of anilines is 1. The molecule has 0 aliphatic heterocycles. The lowest BCUT2D eigenvalue weighted by atomic mass is 10.1. The fraction of sp³-hybridized carbons (Fsp3) is 0.250. The zero-order valence-corrected chi connectivity index (χ0v) is 18.1. The van der Waals surface area contributed by atoms with Crippen molar-refractivity contribution >= 4 is 17.5 Å². The van der Waals surface area contributed by atoms with Crippen LogP contribution in [0.1, 0.15) is 21.7 Å². The zero-order chi connectivity index (χ0) is 22.8. The van der Waals surface area contributed by atoms with Gasteiger partial charge in [-0.15, -0.1) is 0 Å². The predicted octanol–water partition coefficient (Wildman–Crippen LogP) is 3.00. The van der Waals surface area contributed by atoms with E-state index >= 15 is 0 Å². The van der Waals surface area contributed by atoms with Crippen LogP contribution in [0.4, 0.5) is 5.69 Å². The molecule has 3 N–H and O–H groups in total. The Kier molecular flexibility index (Phi) is 8.14. The van der Waals surface area contributed by atoms with E-state index in [1.54, 1.807) is 56.9 Å². The molecule has 0 radical (unpaired) electrons. The fourth-order valence-corrected chi connectivity index (χ4v) is 3.13. The summed E-state index contributed by atoms with van der Waals surface area (Å²) in [7, 11) is 3.18. The topological polar surface area (TPSA) is 102 Å². The quantitative estimate of drug-likeness (QED) is 0.426. The van der Waals surface area contributed by atoms with Crippen molar-refractivity contribution < 1.29 is 23.5 Å². The number of para-hydroxylation sites is 1. The average molecular weight is 437 g/mol. The van der Waals surface area contributed by atoms with Gasteiger partial charge in [0.25, 0.3) is 5.91 Å². The highest BCUT2D eigenvalue weighted by atomic mass is 16.5. The van der Waals surface area contributed by atoms with Gasteiger partial charge in [0.2, 0.25) is 5.91 Å². The van der Waals surface area contributed by atoms with Gasteiger partial charge in [0.15, 0.2) is 11.5 Å². The van der Waals surface area contributed by atoms with Crippen LogP contribution in [0.3, 0.4) is 0 Å². The molecule has 2 aromatic carbocycles. The van der Waals surface area contributed by atoms with Crippen LogP contribution in [-0.2, 0) is 17.8 Å². The summed E-state index contributed by atoms with van der Waals surface area (Å²) in [6, 6.07) is 16.3. The van der Waals surface area contributed by atoms with E-state index in [-0.39, 0.29) is 24.9 Å².